The lowest BCUT2D eigenvalue weighted by molar-refractivity contribution is 0.0608. The van der Waals surface area contributed by atoms with E-state index in [-0.39, 0.29) is 11.8 Å². The number of hydrogen-bond acceptors (Lipinski definition) is 4. The number of unbranched alkanes of at least 4 members (excludes halogenated alkanes) is 1. The molecular weight excluding hydrogens is 308 g/mol. The molecule has 1 aliphatic rings. The van der Waals surface area contributed by atoms with Crippen LogP contribution in [0.3, 0.4) is 0 Å². The highest BCUT2D eigenvalue weighted by Gasteiger charge is 2.32. The molecule has 1 N–H and O–H groups in total. The van der Waals surface area contributed by atoms with E-state index in [0.717, 1.165) is 12.8 Å². The lowest BCUT2D eigenvalue weighted by atomic mass is 9.93. The molecule has 0 atom stereocenters. The summed E-state index contributed by atoms with van der Waals surface area (Å²) in [5, 5.41) is 3.84. The van der Waals surface area contributed by atoms with Gasteiger partial charge in [0.15, 0.2) is 0 Å². The first kappa shape index (κ1) is 16.0. The second-order valence-electron chi connectivity index (χ2n) is 5.62. The van der Waals surface area contributed by atoms with Gasteiger partial charge in [-0.2, -0.15) is 0 Å². The lowest BCUT2D eigenvalue weighted by Gasteiger charge is -2.27. The van der Waals surface area contributed by atoms with Crippen LogP contribution in [0.5, 0.6) is 0 Å². The SMILES string of the molecule is CCCCN1C(=O)c2cccc3c(NC(=O)OC)ccc(c23)C1=O. The number of amides is 3. The predicted octanol–water partition coefficient (Wildman–Crippen LogP) is 3.41. The zero-order chi connectivity index (χ0) is 17.3. The summed E-state index contributed by atoms with van der Waals surface area (Å²) >= 11 is 0. The minimum atomic E-state index is -0.603. The molecule has 0 bridgehead atoms. The summed E-state index contributed by atoms with van der Waals surface area (Å²) in [5.41, 5.74) is 1.46. The number of rotatable bonds is 4. The molecule has 24 heavy (non-hydrogen) atoms. The van der Waals surface area contributed by atoms with Gasteiger partial charge < -0.3 is 4.74 Å². The molecule has 0 saturated carbocycles. The summed E-state index contributed by atoms with van der Waals surface area (Å²) < 4.78 is 4.62. The summed E-state index contributed by atoms with van der Waals surface area (Å²) in [6.45, 7) is 2.42. The monoisotopic (exact) mass is 326 g/mol. The zero-order valence-electron chi connectivity index (χ0n) is 13.6. The average molecular weight is 326 g/mol. The maximum atomic E-state index is 12.7. The average Bonchev–Trinajstić information content (AvgIpc) is 2.60. The van der Waals surface area contributed by atoms with Crippen molar-refractivity contribution >= 4 is 34.4 Å². The Hall–Kier alpha value is -2.89. The second-order valence-corrected chi connectivity index (χ2v) is 5.62. The minimum absolute atomic E-state index is 0.290. The third kappa shape index (κ3) is 2.50. The van der Waals surface area contributed by atoms with Crippen molar-refractivity contribution in [2.75, 3.05) is 19.0 Å². The van der Waals surface area contributed by atoms with E-state index in [2.05, 4.69) is 10.1 Å². The van der Waals surface area contributed by atoms with Gasteiger partial charge in [-0.25, -0.2) is 4.79 Å². The van der Waals surface area contributed by atoms with Crippen LogP contribution in [0.25, 0.3) is 10.8 Å². The van der Waals surface area contributed by atoms with E-state index in [1.807, 2.05) is 6.92 Å². The molecule has 1 heterocycles. The number of nitrogens with zero attached hydrogens (tertiary/aromatic N) is 1. The van der Waals surface area contributed by atoms with Crippen molar-refractivity contribution in [2.45, 2.75) is 19.8 Å². The van der Waals surface area contributed by atoms with Crippen molar-refractivity contribution in [1.29, 1.82) is 0 Å². The Morgan fingerprint density at radius 3 is 2.50 bits per heavy atom. The number of hydrogen-bond donors (Lipinski definition) is 1. The van der Waals surface area contributed by atoms with Crippen molar-refractivity contribution in [3.8, 4) is 0 Å². The summed E-state index contributed by atoms with van der Waals surface area (Å²) in [6, 6.07) is 8.53. The van der Waals surface area contributed by atoms with Gasteiger partial charge in [0.2, 0.25) is 0 Å². The fourth-order valence-electron chi connectivity index (χ4n) is 2.94. The molecule has 0 spiro atoms. The smallest absolute Gasteiger partial charge is 0.411 e. The third-order valence-corrected chi connectivity index (χ3v) is 4.15. The second kappa shape index (κ2) is 6.31. The van der Waals surface area contributed by atoms with Gasteiger partial charge in [0, 0.05) is 28.4 Å². The number of anilines is 1. The van der Waals surface area contributed by atoms with Gasteiger partial charge >= 0.3 is 6.09 Å². The largest absolute Gasteiger partial charge is 0.453 e. The summed E-state index contributed by atoms with van der Waals surface area (Å²) in [4.78, 5) is 38.2. The Balaban J connectivity index is 2.15. The Kier molecular flexibility index (Phi) is 4.20. The fourth-order valence-corrected chi connectivity index (χ4v) is 2.94. The lowest BCUT2D eigenvalue weighted by Crippen LogP contribution is -2.40. The van der Waals surface area contributed by atoms with Crippen LogP contribution in [0.4, 0.5) is 10.5 Å². The molecule has 3 rings (SSSR count). The molecule has 0 radical (unpaired) electrons. The van der Waals surface area contributed by atoms with E-state index in [9.17, 15) is 14.4 Å². The highest BCUT2D eigenvalue weighted by atomic mass is 16.5. The zero-order valence-corrected chi connectivity index (χ0v) is 13.6. The van der Waals surface area contributed by atoms with Crippen LogP contribution in [0.1, 0.15) is 40.5 Å². The number of carbonyl (C=O) groups excluding carboxylic acids is 3. The maximum absolute atomic E-state index is 12.7. The predicted molar refractivity (Wildman–Crippen MR) is 90.3 cm³/mol. The van der Waals surface area contributed by atoms with Gasteiger partial charge in [-0.15, -0.1) is 0 Å². The summed E-state index contributed by atoms with van der Waals surface area (Å²) in [6.07, 6.45) is 1.06. The minimum Gasteiger partial charge on any atom is -0.453 e. The van der Waals surface area contributed by atoms with E-state index >= 15 is 0 Å². The topological polar surface area (TPSA) is 75.7 Å². The molecule has 2 aromatic carbocycles. The normalized spacial score (nSPS) is 13.3. The van der Waals surface area contributed by atoms with E-state index < -0.39 is 6.09 Å². The Morgan fingerprint density at radius 2 is 1.83 bits per heavy atom. The first-order chi connectivity index (χ1) is 11.6. The highest BCUT2D eigenvalue weighted by molar-refractivity contribution is 6.27. The van der Waals surface area contributed by atoms with Crippen molar-refractivity contribution < 1.29 is 19.1 Å². The van der Waals surface area contributed by atoms with Crippen molar-refractivity contribution in [3.63, 3.8) is 0 Å². The summed E-state index contributed by atoms with van der Waals surface area (Å²) in [7, 11) is 1.28. The number of nitrogens with one attached hydrogen (secondary N) is 1. The highest BCUT2D eigenvalue weighted by Crippen LogP contribution is 2.34. The third-order valence-electron chi connectivity index (χ3n) is 4.15. The number of ether oxygens (including phenoxy) is 1. The van der Waals surface area contributed by atoms with E-state index in [1.54, 1.807) is 30.3 Å². The molecule has 1 aliphatic heterocycles. The number of benzene rings is 2. The van der Waals surface area contributed by atoms with Crippen LogP contribution < -0.4 is 5.32 Å². The van der Waals surface area contributed by atoms with E-state index in [0.29, 0.717) is 34.1 Å². The van der Waals surface area contributed by atoms with Crippen LogP contribution in [0, 0.1) is 0 Å². The Bertz CT molecular complexity index is 822. The van der Waals surface area contributed by atoms with Crippen LogP contribution in [0.2, 0.25) is 0 Å². The molecule has 124 valence electrons. The van der Waals surface area contributed by atoms with Crippen molar-refractivity contribution in [3.05, 3.63) is 41.5 Å². The quantitative estimate of drug-likeness (QED) is 0.874. The molecule has 6 nitrogen and oxygen atoms in total. The van der Waals surface area contributed by atoms with Crippen LogP contribution >= 0.6 is 0 Å². The maximum Gasteiger partial charge on any atom is 0.411 e. The first-order valence-corrected chi connectivity index (χ1v) is 7.85. The Labute approximate surface area is 139 Å². The Morgan fingerprint density at radius 1 is 1.12 bits per heavy atom. The molecule has 0 unspecified atom stereocenters. The van der Waals surface area contributed by atoms with Gasteiger partial charge in [0.05, 0.1) is 12.8 Å². The van der Waals surface area contributed by atoms with Crippen molar-refractivity contribution in [1.82, 2.24) is 4.90 Å². The molecular formula is C18H18N2O4. The van der Waals surface area contributed by atoms with E-state index in [1.165, 1.54) is 12.0 Å². The summed E-state index contributed by atoms with van der Waals surface area (Å²) in [5.74, 6) is -0.580. The molecule has 0 fully saturated rings. The van der Waals surface area contributed by atoms with Gasteiger partial charge in [-0.3, -0.25) is 19.8 Å². The first-order valence-electron chi connectivity index (χ1n) is 7.85. The molecule has 3 amide bonds. The van der Waals surface area contributed by atoms with Crippen LogP contribution in [-0.4, -0.2) is 36.5 Å². The van der Waals surface area contributed by atoms with Crippen LogP contribution in [-0.2, 0) is 4.74 Å². The van der Waals surface area contributed by atoms with Gasteiger partial charge in [0.25, 0.3) is 11.8 Å². The molecule has 0 aromatic heterocycles. The van der Waals surface area contributed by atoms with Crippen LogP contribution in [0.15, 0.2) is 30.3 Å². The molecule has 2 aromatic rings. The van der Waals surface area contributed by atoms with Gasteiger partial charge in [0.1, 0.15) is 0 Å². The molecule has 6 heteroatoms. The number of imide groups is 1. The molecule has 0 aliphatic carbocycles. The standard InChI is InChI=1S/C18H18N2O4/c1-3-4-10-20-16(21)12-7-5-6-11-14(19-18(23)24-2)9-8-13(15(11)12)17(20)22/h5-9H,3-4,10H2,1-2H3,(H,19,23). The number of methoxy groups -OCH3 is 1. The van der Waals surface area contributed by atoms with Gasteiger partial charge in [-0.05, 0) is 24.6 Å². The number of carbonyl (C=O) groups is 3. The molecule has 0 saturated heterocycles. The van der Waals surface area contributed by atoms with Crippen molar-refractivity contribution in [2.24, 2.45) is 0 Å². The fraction of sp³-hybridized carbons (Fsp3) is 0.278. The van der Waals surface area contributed by atoms with Gasteiger partial charge in [-0.1, -0.05) is 25.5 Å². The van der Waals surface area contributed by atoms with E-state index in [4.69, 9.17) is 0 Å².